The van der Waals surface area contributed by atoms with Gasteiger partial charge in [-0.2, -0.15) is 0 Å². The van der Waals surface area contributed by atoms with Crippen molar-refractivity contribution >= 4 is 23.5 Å². The topological polar surface area (TPSA) is 93.7 Å². The number of hydrogen-bond donors (Lipinski definition) is 2. The molecule has 1 atom stereocenters. The highest BCUT2D eigenvalue weighted by atomic mass is 16.5. The summed E-state index contributed by atoms with van der Waals surface area (Å²) in [6.45, 7) is 4.32. The molecule has 7 heteroatoms. The molecule has 1 aliphatic rings. The first-order chi connectivity index (χ1) is 14.4. The molecule has 2 aromatic rings. The van der Waals surface area contributed by atoms with Crippen LogP contribution in [0, 0.1) is 11.8 Å². The van der Waals surface area contributed by atoms with Crippen molar-refractivity contribution in [1.29, 1.82) is 0 Å². The van der Waals surface area contributed by atoms with Gasteiger partial charge in [-0.3, -0.25) is 14.4 Å². The second kappa shape index (κ2) is 9.91. The van der Waals surface area contributed by atoms with Gasteiger partial charge in [-0.1, -0.05) is 44.2 Å². The molecule has 2 aromatic carbocycles. The number of rotatable bonds is 7. The number of amides is 2. The van der Waals surface area contributed by atoms with E-state index in [0.717, 1.165) is 11.3 Å². The van der Waals surface area contributed by atoms with Crippen LogP contribution in [0.5, 0.6) is 5.75 Å². The van der Waals surface area contributed by atoms with Gasteiger partial charge in [0.25, 0.3) is 11.8 Å². The van der Waals surface area contributed by atoms with Crippen LogP contribution in [-0.4, -0.2) is 37.5 Å². The fourth-order valence-corrected chi connectivity index (χ4v) is 3.10. The van der Waals surface area contributed by atoms with Crippen LogP contribution >= 0.6 is 0 Å². The summed E-state index contributed by atoms with van der Waals surface area (Å²) >= 11 is 0. The van der Waals surface area contributed by atoms with Crippen LogP contribution in [0.4, 0.5) is 5.69 Å². The lowest BCUT2D eigenvalue weighted by molar-refractivity contribution is -0.152. The predicted octanol–water partition coefficient (Wildman–Crippen LogP) is 2.81. The normalized spacial score (nSPS) is 15.0. The summed E-state index contributed by atoms with van der Waals surface area (Å²) in [4.78, 5) is 37.0. The summed E-state index contributed by atoms with van der Waals surface area (Å²) < 4.78 is 10.8. The summed E-state index contributed by atoms with van der Waals surface area (Å²) in [6, 6.07) is 14.2. The van der Waals surface area contributed by atoms with Gasteiger partial charge in [0.05, 0.1) is 17.2 Å². The van der Waals surface area contributed by atoms with Crippen LogP contribution in [-0.2, 0) is 20.7 Å². The van der Waals surface area contributed by atoms with Gasteiger partial charge >= 0.3 is 5.97 Å². The number of para-hydroxylation sites is 2. The van der Waals surface area contributed by atoms with E-state index in [4.69, 9.17) is 9.47 Å². The van der Waals surface area contributed by atoms with E-state index in [0.29, 0.717) is 30.1 Å². The van der Waals surface area contributed by atoms with Gasteiger partial charge in [0.15, 0.2) is 6.61 Å². The van der Waals surface area contributed by atoms with Gasteiger partial charge in [0, 0.05) is 6.54 Å². The molecule has 2 N–H and O–H groups in total. The van der Waals surface area contributed by atoms with Crippen LogP contribution in [0.25, 0.3) is 0 Å². The minimum Gasteiger partial charge on any atom is -0.492 e. The number of esters is 1. The third-order valence-corrected chi connectivity index (χ3v) is 4.67. The second-order valence-electron chi connectivity index (χ2n) is 7.63. The van der Waals surface area contributed by atoms with Crippen molar-refractivity contribution in [2.24, 2.45) is 11.8 Å². The molecule has 1 aliphatic heterocycles. The van der Waals surface area contributed by atoms with Gasteiger partial charge in [-0.15, -0.1) is 0 Å². The Morgan fingerprint density at radius 2 is 1.83 bits per heavy atom. The molecule has 1 heterocycles. The third-order valence-electron chi connectivity index (χ3n) is 4.67. The zero-order valence-corrected chi connectivity index (χ0v) is 17.1. The van der Waals surface area contributed by atoms with Crippen molar-refractivity contribution in [1.82, 2.24) is 5.32 Å². The van der Waals surface area contributed by atoms with Crippen molar-refractivity contribution in [2.45, 2.75) is 20.3 Å². The quantitative estimate of drug-likeness (QED) is 0.685. The lowest BCUT2D eigenvalue weighted by Gasteiger charge is -2.23. The third kappa shape index (κ3) is 5.59. The van der Waals surface area contributed by atoms with E-state index >= 15 is 0 Å². The Bertz CT molecular complexity index is 925. The van der Waals surface area contributed by atoms with Crippen LogP contribution in [0.2, 0.25) is 0 Å². The second-order valence-corrected chi connectivity index (χ2v) is 7.63. The standard InChI is InChI=1S/C23H26N2O5/c1-15(2)12-24-22(27)18-8-4-5-9-19(18)25-21(26)14-30-23(28)17-11-16-7-3-6-10-20(16)29-13-17/h3-10,15,17H,11-14H2,1-2H3,(H,24,27)(H,25,26). The number of ether oxygens (including phenoxy) is 2. The van der Waals surface area contributed by atoms with E-state index in [1.54, 1.807) is 24.3 Å². The zero-order chi connectivity index (χ0) is 21.5. The molecule has 7 nitrogen and oxygen atoms in total. The monoisotopic (exact) mass is 410 g/mol. The fourth-order valence-electron chi connectivity index (χ4n) is 3.10. The molecule has 0 aliphatic carbocycles. The number of carbonyl (C=O) groups is 3. The zero-order valence-electron chi connectivity index (χ0n) is 17.1. The number of hydrogen-bond acceptors (Lipinski definition) is 5. The molecular formula is C23H26N2O5. The van der Waals surface area contributed by atoms with Crippen molar-refractivity contribution in [3.05, 3.63) is 59.7 Å². The molecule has 30 heavy (non-hydrogen) atoms. The molecule has 3 rings (SSSR count). The van der Waals surface area contributed by atoms with E-state index in [2.05, 4.69) is 10.6 Å². The first-order valence-corrected chi connectivity index (χ1v) is 9.98. The molecule has 0 aromatic heterocycles. The van der Waals surface area contributed by atoms with Crippen molar-refractivity contribution in [2.75, 3.05) is 25.1 Å². The molecule has 0 fully saturated rings. The average molecular weight is 410 g/mol. The molecule has 0 spiro atoms. The Morgan fingerprint density at radius 1 is 1.10 bits per heavy atom. The minimum absolute atomic E-state index is 0.219. The molecule has 1 unspecified atom stereocenters. The maximum atomic E-state index is 12.4. The van der Waals surface area contributed by atoms with Crippen molar-refractivity contribution in [3.63, 3.8) is 0 Å². The first-order valence-electron chi connectivity index (χ1n) is 9.98. The SMILES string of the molecule is CC(C)CNC(=O)c1ccccc1NC(=O)COC(=O)C1COc2ccccc2C1. The Kier molecular flexibility index (Phi) is 7.06. The van der Waals surface area contributed by atoms with Crippen molar-refractivity contribution in [3.8, 4) is 5.75 Å². The minimum atomic E-state index is -0.510. The van der Waals surface area contributed by atoms with Crippen molar-refractivity contribution < 1.29 is 23.9 Å². The maximum absolute atomic E-state index is 12.4. The van der Waals surface area contributed by atoms with Crippen LogP contribution in [0.3, 0.4) is 0 Å². The van der Waals surface area contributed by atoms with Crippen LogP contribution in [0.1, 0.15) is 29.8 Å². The summed E-state index contributed by atoms with van der Waals surface area (Å²) in [7, 11) is 0. The predicted molar refractivity (Wildman–Crippen MR) is 112 cm³/mol. The molecule has 158 valence electrons. The Labute approximate surface area is 175 Å². The van der Waals surface area contributed by atoms with E-state index in [1.165, 1.54) is 0 Å². The summed E-state index contributed by atoms with van der Waals surface area (Å²) in [5.74, 6) is -0.638. The Hall–Kier alpha value is -3.35. The highest BCUT2D eigenvalue weighted by Crippen LogP contribution is 2.27. The first kappa shape index (κ1) is 21.4. The molecule has 0 saturated carbocycles. The number of benzene rings is 2. The van der Waals surface area contributed by atoms with E-state index in [-0.39, 0.29) is 12.5 Å². The summed E-state index contributed by atoms with van der Waals surface area (Å²) in [5.41, 5.74) is 1.67. The Balaban J connectivity index is 1.53. The van der Waals surface area contributed by atoms with Gasteiger partial charge in [-0.25, -0.2) is 0 Å². The van der Waals surface area contributed by atoms with E-state index < -0.39 is 24.4 Å². The lowest BCUT2D eigenvalue weighted by atomic mass is 9.97. The van der Waals surface area contributed by atoms with Gasteiger partial charge in [-0.05, 0) is 36.1 Å². The number of fused-ring (bicyclic) bond motifs is 1. The summed E-state index contributed by atoms with van der Waals surface area (Å²) in [6.07, 6.45) is 0.509. The smallest absolute Gasteiger partial charge is 0.313 e. The summed E-state index contributed by atoms with van der Waals surface area (Å²) in [5, 5.41) is 5.47. The molecular weight excluding hydrogens is 384 g/mol. The maximum Gasteiger partial charge on any atom is 0.313 e. The highest BCUT2D eigenvalue weighted by Gasteiger charge is 2.27. The molecule has 0 bridgehead atoms. The molecule has 0 radical (unpaired) electrons. The number of anilines is 1. The Morgan fingerprint density at radius 3 is 2.63 bits per heavy atom. The van der Waals surface area contributed by atoms with E-state index in [9.17, 15) is 14.4 Å². The van der Waals surface area contributed by atoms with E-state index in [1.807, 2.05) is 38.1 Å². The fraction of sp³-hybridized carbons (Fsp3) is 0.348. The average Bonchev–Trinajstić information content (AvgIpc) is 2.75. The molecule has 2 amide bonds. The number of carbonyl (C=O) groups excluding carboxylic acids is 3. The largest absolute Gasteiger partial charge is 0.492 e. The number of nitrogens with one attached hydrogen (secondary N) is 2. The molecule has 0 saturated heterocycles. The van der Waals surface area contributed by atoms with Crippen LogP contribution in [0.15, 0.2) is 48.5 Å². The lowest BCUT2D eigenvalue weighted by Crippen LogP contribution is -2.32. The highest BCUT2D eigenvalue weighted by molar-refractivity contribution is 6.04. The van der Waals surface area contributed by atoms with Gasteiger partial charge in [0.1, 0.15) is 12.4 Å². The van der Waals surface area contributed by atoms with Gasteiger partial charge in [0.2, 0.25) is 0 Å². The van der Waals surface area contributed by atoms with Crippen LogP contribution < -0.4 is 15.4 Å². The van der Waals surface area contributed by atoms with Gasteiger partial charge < -0.3 is 20.1 Å².